The predicted molar refractivity (Wildman–Crippen MR) is 116 cm³/mol. The van der Waals surface area contributed by atoms with Crippen LogP contribution in [0.5, 0.6) is 11.5 Å². The van der Waals surface area contributed by atoms with E-state index in [0.717, 1.165) is 48.6 Å². The number of hydrogen-bond donors (Lipinski definition) is 0. The number of ether oxygens (including phenoxy) is 2. The summed E-state index contributed by atoms with van der Waals surface area (Å²) < 4.78 is 13.0. The van der Waals surface area contributed by atoms with E-state index in [-0.39, 0.29) is 18.6 Å². The molecule has 4 rings (SSSR count). The molecule has 0 spiro atoms. The molecule has 30 heavy (non-hydrogen) atoms. The fourth-order valence-corrected chi connectivity index (χ4v) is 4.12. The monoisotopic (exact) mass is 427 g/mol. The minimum absolute atomic E-state index is 0.137. The third-order valence-corrected chi connectivity index (χ3v) is 5.60. The van der Waals surface area contributed by atoms with Crippen molar-refractivity contribution in [3.05, 3.63) is 59.0 Å². The zero-order chi connectivity index (χ0) is 21.1. The fourth-order valence-electron chi connectivity index (χ4n) is 3.96. The summed E-state index contributed by atoms with van der Waals surface area (Å²) in [5, 5.41) is 0.621. The van der Waals surface area contributed by atoms with Gasteiger partial charge in [0.15, 0.2) is 11.5 Å². The molecule has 0 aliphatic carbocycles. The average Bonchev–Trinajstić information content (AvgIpc) is 3.37. The van der Waals surface area contributed by atoms with Crippen molar-refractivity contribution in [3.63, 3.8) is 0 Å². The van der Waals surface area contributed by atoms with Crippen LogP contribution >= 0.6 is 11.6 Å². The molecular weight excluding hydrogens is 402 g/mol. The summed E-state index contributed by atoms with van der Waals surface area (Å²) in [6.45, 7) is 5.93. The predicted octanol–water partition coefficient (Wildman–Crippen LogP) is 4.89. The molecule has 0 saturated heterocycles. The van der Waals surface area contributed by atoms with Gasteiger partial charge in [-0.05, 0) is 42.7 Å². The van der Waals surface area contributed by atoms with Gasteiger partial charge in [0.2, 0.25) is 12.7 Å². The maximum absolute atomic E-state index is 13.3. The van der Waals surface area contributed by atoms with E-state index in [2.05, 4.69) is 18.8 Å². The Labute approximate surface area is 181 Å². The average molecular weight is 428 g/mol. The van der Waals surface area contributed by atoms with E-state index in [1.165, 1.54) is 0 Å². The number of carbonyl (C=O) groups is 1. The summed E-state index contributed by atoms with van der Waals surface area (Å²) in [5.41, 5.74) is 2.71. The fraction of sp³-hybridized carbons (Fsp3) is 0.391. The zero-order valence-electron chi connectivity index (χ0n) is 17.3. The summed E-state index contributed by atoms with van der Waals surface area (Å²) in [6, 6.07) is 9.57. The summed E-state index contributed by atoms with van der Waals surface area (Å²) in [7, 11) is 0. The molecule has 0 saturated carbocycles. The lowest BCUT2D eigenvalue weighted by atomic mass is 9.91. The van der Waals surface area contributed by atoms with Crippen LogP contribution in [0.15, 0.2) is 42.7 Å². The molecule has 1 unspecified atom stereocenters. The van der Waals surface area contributed by atoms with Crippen molar-refractivity contribution in [1.29, 1.82) is 0 Å². The van der Waals surface area contributed by atoms with Crippen LogP contribution in [0, 0.1) is 0 Å². The van der Waals surface area contributed by atoms with Crippen LogP contribution in [0.2, 0.25) is 5.02 Å². The van der Waals surface area contributed by atoms with Gasteiger partial charge in [0.25, 0.3) is 0 Å². The van der Waals surface area contributed by atoms with Gasteiger partial charge in [-0.15, -0.1) is 0 Å². The molecule has 0 radical (unpaired) electrons. The second kappa shape index (κ2) is 8.96. The van der Waals surface area contributed by atoms with Crippen LogP contribution in [0.3, 0.4) is 0 Å². The first-order chi connectivity index (χ1) is 14.6. The smallest absolute Gasteiger partial charge is 0.231 e. The molecule has 2 aromatic heterocycles. The number of nitrogens with zero attached hydrogens (tertiary/aromatic N) is 3. The number of halogens is 1. The summed E-state index contributed by atoms with van der Waals surface area (Å²) in [6.07, 6.45) is 5.90. The maximum atomic E-state index is 13.3. The molecule has 7 heteroatoms. The lowest BCUT2D eigenvalue weighted by Gasteiger charge is -2.25. The summed E-state index contributed by atoms with van der Waals surface area (Å²) in [4.78, 5) is 19.7. The van der Waals surface area contributed by atoms with Gasteiger partial charge in [-0.25, -0.2) is 4.98 Å². The number of rotatable bonds is 8. The highest BCUT2D eigenvalue weighted by atomic mass is 35.5. The maximum Gasteiger partial charge on any atom is 0.231 e. The standard InChI is InChI=1S/C23H26ClN3O3/c1-3-9-26(10-4-2)23(28)12-18(16-5-7-20-21(11-16)30-15-29-20)19-13-25-22-8-6-17(24)14-27(19)22/h5-8,11,13-14,18H,3-4,9-10,12,15H2,1-2H3. The highest BCUT2D eigenvalue weighted by Gasteiger charge is 2.26. The highest BCUT2D eigenvalue weighted by molar-refractivity contribution is 6.30. The minimum atomic E-state index is -0.184. The Kier molecular flexibility index (Phi) is 6.13. The summed E-state index contributed by atoms with van der Waals surface area (Å²) in [5.74, 6) is 1.38. The first kappa shape index (κ1) is 20.5. The molecule has 0 N–H and O–H groups in total. The number of amides is 1. The lowest BCUT2D eigenvalue weighted by Crippen LogP contribution is -2.33. The van der Waals surface area contributed by atoms with Gasteiger partial charge >= 0.3 is 0 Å². The quantitative estimate of drug-likeness (QED) is 0.513. The molecular formula is C23H26ClN3O3. The largest absolute Gasteiger partial charge is 0.454 e. The van der Waals surface area contributed by atoms with E-state index >= 15 is 0 Å². The molecule has 0 fully saturated rings. The molecule has 1 amide bonds. The van der Waals surface area contributed by atoms with Crippen LogP contribution < -0.4 is 9.47 Å². The second-order valence-electron chi connectivity index (χ2n) is 7.51. The van der Waals surface area contributed by atoms with Crippen molar-refractivity contribution in [3.8, 4) is 11.5 Å². The lowest BCUT2D eigenvalue weighted by molar-refractivity contribution is -0.131. The van der Waals surface area contributed by atoms with Crippen molar-refractivity contribution in [1.82, 2.24) is 14.3 Å². The van der Waals surface area contributed by atoms with Crippen LogP contribution in [-0.2, 0) is 4.79 Å². The number of fused-ring (bicyclic) bond motifs is 2. The minimum Gasteiger partial charge on any atom is -0.454 e. The molecule has 0 bridgehead atoms. The summed E-state index contributed by atoms with van der Waals surface area (Å²) >= 11 is 6.25. The number of hydrogen-bond acceptors (Lipinski definition) is 4. The van der Waals surface area contributed by atoms with E-state index in [9.17, 15) is 4.79 Å². The van der Waals surface area contributed by atoms with Gasteiger partial charge < -0.3 is 18.8 Å². The Morgan fingerprint density at radius 2 is 1.93 bits per heavy atom. The molecule has 3 aromatic rings. The molecule has 3 heterocycles. The van der Waals surface area contributed by atoms with Gasteiger partial charge in [0.05, 0.1) is 10.7 Å². The Bertz CT molecular complexity index is 1040. The van der Waals surface area contributed by atoms with Crippen LogP contribution in [-0.4, -0.2) is 40.1 Å². The first-order valence-electron chi connectivity index (χ1n) is 10.4. The Morgan fingerprint density at radius 3 is 2.70 bits per heavy atom. The number of benzene rings is 1. The third-order valence-electron chi connectivity index (χ3n) is 5.37. The number of aromatic nitrogens is 2. The molecule has 158 valence electrons. The SMILES string of the molecule is CCCN(CCC)C(=O)CC(c1ccc2c(c1)OCO2)c1cnc2ccc(Cl)cn12. The van der Waals surface area contributed by atoms with E-state index < -0.39 is 0 Å². The molecule has 1 atom stereocenters. The van der Waals surface area contributed by atoms with Gasteiger partial charge in [-0.3, -0.25) is 4.79 Å². The van der Waals surface area contributed by atoms with Gasteiger partial charge in [0, 0.05) is 37.8 Å². The molecule has 1 aliphatic heterocycles. The first-order valence-corrected chi connectivity index (χ1v) is 10.8. The van der Waals surface area contributed by atoms with E-state index in [1.54, 1.807) is 0 Å². The van der Waals surface area contributed by atoms with E-state index in [4.69, 9.17) is 21.1 Å². The van der Waals surface area contributed by atoms with Crippen molar-refractivity contribution < 1.29 is 14.3 Å². The highest BCUT2D eigenvalue weighted by Crippen LogP contribution is 2.38. The topological polar surface area (TPSA) is 56.1 Å². The molecule has 6 nitrogen and oxygen atoms in total. The number of imidazole rings is 1. The van der Waals surface area contributed by atoms with Gasteiger partial charge in [-0.2, -0.15) is 0 Å². The Morgan fingerprint density at radius 1 is 1.17 bits per heavy atom. The van der Waals surface area contributed by atoms with Crippen molar-refractivity contribution in [2.45, 2.75) is 39.0 Å². The zero-order valence-corrected chi connectivity index (χ0v) is 18.1. The normalized spacial score (nSPS) is 13.6. The van der Waals surface area contributed by atoms with Crippen LogP contribution in [0.1, 0.15) is 50.3 Å². The van der Waals surface area contributed by atoms with Crippen LogP contribution in [0.25, 0.3) is 5.65 Å². The van der Waals surface area contributed by atoms with E-state index in [0.29, 0.717) is 17.2 Å². The van der Waals surface area contributed by atoms with E-state index in [1.807, 2.05) is 52.0 Å². The Balaban J connectivity index is 1.74. The second-order valence-corrected chi connectivity index (χ2v) is 7.95. The van der Waals surface area contributed by atoms with Gasteiger partial charge in [-0.1, -0.05) is 31.5 Å². The van der Waals surface area contributed by atoms with Crippen molar-refractivity contribution in [2.75, 3.05) is 19.9 Å². The van der Waals surface area contributed by atoms with Crippen molar-refractivity contribution >= 4 is 23.2 Å². The third kappa shape index (κ3) is 4.10. The van der Waals surface area contributed by atoms with Crippen molar-refractivity contribution in [2.24, 2.45) is 0 Å². The van der Waals surface area contributed by atoms with Crippen LogP contribution in [0.4, 0.5) is 0 Å². The molecule has 1 aromatic carbocycles. The number of carbonyl (C=O) groups excluding carboxylic acids is 1. The number of pyridine rings is 1. The van der Waals surface area contributed by atoms with Gasteiger partial charge in [0.1, 0.15) is 5.65 Å². The molecule has 1 aliphatic rings. The Hall–Kier alpha value is -2.73.